The van der Waals surface area contributed by atoms with Gasteiger partial charge in [0.2, 0.25) is 5.95 Å². The molecule has 0 fully saturated rings. The zero-order chi connectivity index (χ0) is 15.2. The predicted octanol–water partition coefficient (Wildman–Crippen LogP) is 1.71. The number of hydrogen-bond donors (Lipinski definition) is 1. The molecule has 0 aliphatic carbocycles. The molecule has 0 bridgehead atoms. The first-order valence-corrected chi connectivity index (χ1v) is 6.96. The largest absolute Gasteiger partial charge is 0.387 e. The zero-order valence-electron chi connectivity index (χ0n) is 12.8. The van der Waals surface area contributed by atoms with Crippen molar-refractivity contribution in [2.24, 2.45) is 0 Å². The fourth-order valence-corrected chi connectivity index (χ4v) is 2.11. The van der Waals surface area contributed by atoms with Crippen molar-refractivity contribution in [3.63, 3.8) is 0 Å². The minimum absolute atomic E-state index is 0.488. The van der Waals surface area contributed by atoms with Gasteiger partial charge in [-0.25, -0.2) is 9.97 Å². The molecular formula is C16H22N4O. The molecule has 1 unspecified atom stereocenters. The Bertz CT molecular complexity index is 542. The van der Waals surface area contributed by atoms with Crippen molar-refractivity contribution < 1.29 is 5.11 Å². The predicted molar refractivity (Wildman–Crippen MR) is 84.1 cm³/mol. The summed E-state index contributed by atoms with van der Waals surface area (Å²) >= 11 is 0. The summed E-state index contributed by atoms with van der Waals surface area (Å²) in [4.78, 5) is 12.5. The number of aromatic nitrogens is 2. The third-order valence-electron chi connectivity index (χ3n) is 3.21. The third kappa shape index (κ3) is 4.51. The van der Waals surface area contributed by atoms with E-state index in [1.807, 2.05) is 68.8 Å². The monoisotopic (exact) mass is 286 g/mol. The Morgan fingerprint density at radius 3 is 2.24 bits per heavy atom. The van der Waals surface area contributed by atoms with Gasteiger partial charge in [0.05, 0.1) is 6.10 Å². The lowest BCUT2D eigenvalue weighted by molar-refractivity contribution is 0.123. The van der Waals surface area contributed by atoms with Crippen molar-refractivity contribution >= 4 is 5.95 Å². The first kappa shape index (κ1) is 15.4. The minimum atomic E-state index is -0.488. The van der Waals surface area contributed by atoms with E-state index in [4.69, 9.17) is 0 Å². The van der Waals surface area contributed by atoms with E-state index >= 15 is 0 Å². The van der Waals surface area contributed by atoms with E-state index in [-0.39, 0.29) is 0 Å². The summed E-state index contributed by atoms with van der Waals surface area (Å²) < 4.78 is 0. The van der Waals surface area contributed by atoms with Crippen molar-refractivity contribution in [2.75, 3.05) is 32.6 Å². The Balaban J connectivity index is 1.91. The Labute approximate surface area is 125 Å². The highest BCUT2D eigenvalue weighted by atomic mass is 16.3. The number of hydrogen-bond acceptors (Lipinski definition) is 5. The quantitative estimate of drug-likeness (QED) is 0.876. The molecule has 0 saturated carbocycles. The van der Waals surface area contributed by atoms with Crippen LogP contribution in [0.1, 0.15) is 17.2 Å². The van der Waals surface area contributed by atoms with Crippen LogP contribution in [0.4, 0.5) is 5.95 Å². The van der Waals surface area contributed by atoms with Crippen LogP contribution in [0.25, 0.3) is 0 Å². The van der Waals surface area contributed by atoms with Gasteiger partial charge in [0.1, 0.15) is 0 Å². The lowest BCUT2D eigenvalue weighted by atomic mass is 10.1. The Kier molecular flexibility index (Phi) is 5.25. The van der Waals surface area contributed by atoms with E-state index < -0.39 is 6.10 Å². The lowest BCUT2D eigenvalue weighted by Gasteiger charge is -2.21. The minimum Gasteiger partial charge on any atom is -0.387 e. The molecule has 1 N–H and O–H groups in total. The Hall–Kier alpha value is -1.98. The van der Waals surface area contributed by atoms with E-state index in [1.165, 1.54) is 0 Å². The number of aliphatic hydroxyl groups is 1. The van der Waals surface area contributed by atoms with Crippen LogP contribution < -0.4 is 4.90 Å². The van der Waals surface area contributed by atoms with Gasteiger partial charge in [-0.05, 0) is 12.6 Å². The first-order chi connectivity index (χ1) is 10.1. The summed E-state index contributed by atoms with van der Waals surface area (Å²) in [6.07, 6.45) is 3.17. The second-order valence-electron chi connectivity index (χ2n) is 5.41. The van der Waals surface area contributed by atoms with Crippen molar-refractivity contribution in [1.82, 2.24) is 14.9 Å². The highest BCUT2D eigenvalue weighted by molar-refractivity contribution is 5.26. The van der Waals surface area contributed by atoms with Gasteiger partial charge in [-0.3, -0.25) is 4.90 Å². The third-order valence-corrected chi connectivity index (χ3v) is 3.21. The maximum absolute atomic E-state index is 10.2. The van der Waals surface area contributed by atoms with Crippen LogP contribution >= 0.6 is 0 Å². The molecule has 5 heteroatoms. The molecule has 1 aromatic carbocycles. The van der Waals surface area contributed by atoms with Gasteiger partial charge in [-0.15, -0.1) is 0 Å². The maximum atomic E-state index is 10.2. The van der Waals surface area contributed by atoms with E-state index in [0.717, 1.165) is 11.1 Å². The highest BCUT2D eigenvalue weighted by Crippen LogP contribution is 2.14. The van der Waals surface area contributed by atoms with Crippen LogP contribution in [0, 0.1) is 0 Å². The Morgan fingerprint density at radius 2 is 1.67 bits per heavy atom. The summed E-state index contributed by atoms with van der Waals surface area (Å²) in [6, 6.07) is 9.70. The van der Waals surface area contributed by atoms with E-state index in [0.29, 0.717) is 19.0 Å². The van der Waals surface area contributed by atoms with Gasteiger partial charge in [-0.1, -0.05) is 30.3 Å². The number of anilines is 1. The maximum Gasteiger partial charge on any atom is 0.224 e. The van der Waals surface area contributed by atoms with Crippen LogP contribution in [0.2, 0.25) is 0 Å². The summed E-state index contributed by atoms with van der Waals surface area (Å²) in [5.41, 5.74) is 1.96. The molecule has 1 atom stereocenters. The molecule has 0 aliphatic rings. The van der Waals surface area contributed by atoms with Gasteiger partial charge >= 0.3 is 0 Å². The van der Waals surface area contributed by atoms with Gasteiger partial charge in [0, 0.05) is 45.1 Å². The van der Waals surface area contributed by atoms with Crippen molar-refractivity contribution in [3.05, 3.63) is 53.9 Å². The van der Waals surface area contributed by atoms with Gasteiger partial charge in [-0.2, -0.15) is 0 Å². The topological polar surface area (TPSA) is 52.5 Å². The van der Waals surface area contributed by atoms with Crippen LogP contribution in [0.15, 0.2) is 42.7 Å². The average molecular weight is 286 g/mol. The summed E-state index contributed by atoms with van der Waals surface area (Å²) in [5.74, 6) is 0.700. The van der Waals surface area contributed by atoms with E-state index in [2.05, 4.69) is 14.9 Å². The number of likely N-dealkylation sites (N-methyl/N-ethyl adjacent to an activating group) is 1. The van der Waals surface area contributed by atoms with E-state index in [9.17, 15) is 5.11 Å². The molecule has 0 aliphatic heterocycles. The summed E-state index contributed by atoms with van der Waals surface area (Å²) in [5, 5.41) is 10.2. The average Bonchev–Trinajstić information content (AvgIpc) is 2.48. The lowest BCUT2D eigenvalue weighted by Crippen LogP contribution is -2.24. The normalized spacial score (nSPS) is 12.4. The molecule has 112 valence electrons. The summed E-state index contributed by atoms with van der Waals surface area (Å²) in [6.45, 7) is 1.27. The number of nitrogens with zero attached hydrogens (tertiary/aromatic N) is 4. The molecule has 0 radical (unpaired) electrons. The van der Waals surface area contributed by atoms with Crippen LogP contribution in [-0.2, 0) is 6.54 Å². The molecule has 1 aromatic heterocycles. The molecular weight excluding hydrogens is 264 g/mol. The number of rotatable bonds is 6. The fourth-order valence-electron chi connectivity index (χ4n) is 2.11. The van der Waals surface area contributed by atoms with E-state index in [1.54, 1.807) is 0 Å². The van der Waals surface area contributed by atoms with Crippen LogP contribution in [-0.4, -0.2) is 47.7 Å². The van der Waals surface area contributed by atoms with Gasteiger partial charge in [0.15, 0.2) is 0 Å². The van der Waals surface area contributed by atoms with Gasteiger partial charge in [0.25, 0.3) is 0 Å². The van der Waals surface area contributed by atoms with Gasteiger partial charge < -0.3 is 10.0 Å². The second kappa shape index (κ2) is 7.15. The van der Waals surface area contributed by atoms with Crippen molar-refractivity contribution in [3.8, 4) is 0 Å². The molecule has 2 aromatic rings. The molecule has 5 nitrogen and oxygen atoms in total. The standard InChI is InChI=1S/C16H22N4O/c1-19(2)16-17-9-13(10-18-16)11-20(3)12-15(21)14-7-5-4-6-8-14/h4-10,15,21H,11-12H2,1-3H3. The molecule has 0 amide bonds. The fraction of sp³-hybridized carbons (Fsp3) is 0.375. The summed E-state index contributed by atoms with van der Waals surface area (Å²) in [7, 11) is 5.81. The van der Waals surface area contributed by atoms with Crippen molar-refractivity contribution in [1.29, 1.82) is 0 Å². The van der Waals surface area contributed by atoms with Crippen LogP contribution in [0.3, 0.4) is 0 Å². The van der Waals surface area contributed by atoms with Crippen molar-refractivity contribution in [2.45, 2.75) is 12.6 Å². The number of benzene rings is 1. The number of aliphatic hydroxyl groups excluding tert-OH is 1. The molecule has 0 saturated heterocycles. The second-order valence-corrected chi connectivity index (χ2v) is 5.41. The molecule has 0 spiro atoms. The van der Waals surface area contributed by atoms with Crippen LogP contribution in [0.5, 0.6) is 0 Å². The molecule has 21 heavy (non-hydrogen) atoms. The SMILES string of the molecule is CN(Cc1cnc(N(C)C)nc1)CC(O)c1ccccc1. The molecule has 2 rings (SSSR count). The zero-order valence-corrected chi connectivity index (χ0v) is 12.8. The Morgan fingerprint density at radius 1 is 1.05 bits per heavy atom. The molecule has 1 heterocycles. The first-order valence-electron chi connectivity index (χ1n) is 6.96. The highest BCUT2D eigenvalue weighted by Gasteiger charge is 2.11. The smallest absolute Gasteiger partial charge is 0.224 e.